The van der Waals surface area contributed by atoms with Gasteiger partial charge in [0.05, 0.1) is 32.4 Å². The molecule has 1 fully saturated rings. The number of imidazole rings is 1. The Morgan fingerprint density at radius 2 is 0.918 bits per heavy atom. The van der Waals surface area contributed by atoms with Crippen molar-refractivity contribution < 1.29 is 90.6 Å². The Hall–Kier alpha value is -8.86. The molecule has 2 atom stereocenters. The quantitative estimate of drug-likeness (QED) is 0.0234. The van der Waals surface area contributed by atoms with E-state index in [0.29, 0.717) is 141 Å². The lowest BCUT2D eigenvalue weighted by Gasteiger charge is -2.36. The van der Waals surface area contributed by atoms with Crippen molar-refractivity contribution in [1.82, 2.24) is 75.2 Å². The van der Waals surface area contributed by atoms with Crippen molar-refractivity contribution in [2.45, 2.75) is 314 Å². The number of hydrogen-bond acceptors (Lipinski definition) is 27. The van der Waals surface area contributed by atoms with Crippen LogP contribution in [0.2, 0.25) is 0 Å². The first-order chi connectivity index (χ1) is 56.4. The standard InChI is InChI=1S/C88H149N15O19/c1-81(2,3)63-99-51-49-96(45-46-97(58-74(108)117-83(7,8)9)47-48-98(50-52-99)59-75(109)118-84(10,11)12)56-71(105)91-40-30-43-103-54-65(94-95-103)62-115-66-35-33-64(34-36-66)53-100(55-69-89-41-44-101(69)57-72(106)102(60-76(110)119-85(13,14)15)61-77(111)120-86(16,17)18)42-29-25-26-32-70(104)90-39-28-27-31-67(78(112)121-87(19,20)21)92-80(114)93-68(79(113)122-88(22,23)24)37-38-73(107)116-82(4,5)6/h33-36,41,44,54,67-68H,25-32,37-40,42-43,45-53,55-63H2,1-24H3,(H,90,104)(H,91,105)(H2,92,93,114)/t67-,68-/m0/s1. The first kappa shape index (κ1) is 105. The Labute approximate surface area is 725 Å². The zero-order chi connectivity index (χ0) is 91.6. The molecule has 0 aliphatic carbocycles. The van der Waals surface area contributed by atoms with E-state index in [4.69, 9.17) is 37.9 Å². The first-order valence-electron chi connectivity index (χ1n) is 43.0. The molecule has 0 saturated carbocycles. The first-order valence-corrected chi connectivity index (χ1v) is 43.0. The molecule has 34 nitrogen and oxygen atoms in total. The van der Waals surface area contributed by atoms with Gasteiger partial charge in [0.2, 0.25) is 17.7 Å². The molecule has 34 heteroatoms. The number of aromatic nitrogens is 5. The van der Waals surface area contributed by atoms with Crippen LogP contribution in [0.15, 0.2) is 42.9 Å². The van der Waals surface area contributed by atoms with Crippen LogP contribution < -0.4 is 26.0 Å². The number of aryl methyl sites for hydroxylation is 1. The monoisotopic (exact) mass is 1720 g/mol. The second-order valence-electron chi connectivity index (χ2n) is 39.6. The van der Waals surface area contributed by atoms with Crippen molar-refractivity contribution in [2.75, 3.05) is 111 Å². The Kier molecular flexibility index (Phi) is 42.4. The van der Waals surface area contributed by atoms with Crippen LogP contribution >= 0.6 is 0 Å². The van der Waals surface area contributed by atoms with Crippen LogP contribution in [-0.2, 0) is 114 Å². The highest BCUT2D eigenvalue weighted by atomic mass is 16.6. The third-order valence-corrected chi connectivity index (χ3v) is 17.7. The molecule has 690 valence electrons. The van der Waals surface area contributed by atoms with Crippen LogP contribution in [0, 0.1) is 5.41 Å². The number of carbonyl (C=O) groups is 11. The minimum atomic E-state index is -1.25. The van der Waals surface area contributed by atoms with Gasteiger partial charge in [0.15, 0.2) is 0 Å². The number of nitrogens with one attached hydrogen (secondary N) is 4. The molecule has 5 amide bonds. The molecule has 0 unspecified atom stereocenters. The second kappa shape index (κ2) is 49.0. The second-order valence-corrected chi connectivity index (χ2v) is 39.6. The lowest BCUT2D eigenvalue weighted by molar-refractivity contribution is -0.164. The Balaban J connectivity index is 1.40. The van der Waals surface area contributed by atoms with E-state index in [1.54, 1.807) is 125 Å². The molecular formula is C88H149N15O19. The molecule has 122 heavy (non-hydrogen) atoms. The number of nitrogens with zero attached hydrogens (tertiary/aromatic N) is 11. The Morgan fingerprint density at radius 3 is 1.42 bits per heavy atom. The van der Waals surface area contributed by atoms with Gasteiger partial charge in [0.25, 0.3) is 0 Å². The lowest BCUT2D eigenvalue weighted by atomic mass is 9.96. The molecule has 4 rings (SSSR count). The molecule has 4 N–H and O–H groups in total. The number of unbranched alkanes of at least 4 members (excludes halogenated alkanes) is 3. The van der Waals surface area contributed by atoms with Crippen LogP contribution in [0.1, 0.15) is 247 Å². The topological polar surface area (TPSA) is 378 Å². The highest BCUT2D eigenvalue weighted by Crippen LogP contribution is 2.23. The van der Waals surface area contributed by atoms with Crippen LogP contribution in [0.3, 0.4) is 0 Å². The van der Waals surface area contributed by atoms with Crippen molar-refractivity contribution in [3.05, 3.63) is 59.9 Å². The summed E-state index contributed by atoms with van der Waals surface area (Å²) in [7, 11) is 0. The number of amides is 5. The largest absolute Gasteiger partial charge is 0.487 e. The van der Waals surface area contributed by atoms with Gasteiger partial charge in [-0.25, -0.2) is 19.4 Å². The number of urea groups is 1. The molecule has 0 bridgehead atoms. The maximum Gasteiger partial charge on any atom is 0.329 e. The van der Waals surface area contributed by atoms with E-state index in [9.17, 15) is 52.7 Å². The molecule has 1 aliphatic heterocycles. The fraction of sp³-hybridized carbons (Fsp3) is 0.750. The number of carbonyl (C=O) groups excluding carboxylic acids is 11. The van der Waals surface area contributed by atoms with Gasteiger partial charge in [-0.2, -0.15) is 0 Å². The number of hydrogen-bond donors (Lipinski definition) is 4. The van der Waals surface area contributed by atoms with Crippen molar-refractivity contribution in [3.8, 4) is 5.75 Å². The summed E-state index contributed by atoms with van der Waals surface area (Å²) in [4.78, 5) is 163. The van der Waals surface area contributed by atoms with Gasteiger partial charge in [-0.1, -0.05) is 44.5 Å². The van der Waals surface area contributed by atoms with Crippen LogP contribution in [0.4, 0.5) is 4.79 Å². The summed E-state index contributed by atoms with van der Waals surface area (Å²) in [6, 6.07) is 4.44. The summed E-state index contributed by atoms with van der Waals surface area (Å²) in [5.41, 5.74) is -4.00. The van der Waals surface area contributed by atoms with E-state index >= 15 is 0 Å². The summed E-state index contributed by atoms with van der Waals surface area (Å²) in [6.07, 6.45) is 8.50. The number of rotatable bonds is 42. The molecular weight excluding hydrogens is 1570 g/mol. The van der Waals surface area contributed by atoms with Gasteiger partial charge < -0.3 is 73.5 Å². The fourth-order valence-electron chi connectivity index (χ4n) is 12.8. The summed E-state index contributed by atoms with van der Waals surface area (Å²) in [5, 5.41) is 20.0. The highest BCUT2D eigenvalue weighted by molar-refractivity contribution is 5.88. The zero-order valence-electron chi connectivity index (χ0n) is 78.0. The molecule has 1 saturated heterocycles. The normalized spacial score (nSPS) is 14.8. The highest BCUT2D eigenvalue weighted by Gasteiger charge is 2.34. The lowest BCUT2D eigenvalue weighted by Crippen LogP contribution is -2.53. The SMILES string of the molecule is CC(C)(C)CN1CCN(CC(=O)NCCCn2cc(COc3ccc(CN(CCCCCC(=O)NCCCC[C@H](NC(=O)N[C@@H](CCC(=O)OC(C)(C)C)C(=O)OC(C)(C)C)C(=O)OC(C)(C)C)Cc4nccn4CC(=O)N(CC(=O)OC(C)(C)C)CC(=O)OC(C)(C)C)cc3)nn2)CCN(CC(=O)OC(C)(C)C)CCN(CC(=O)OC(C)(C)C)CC1. The van der Waals surface area contributed by atoms with Crippen LogP contribution in [0.25, 0.3) is 0 Å². The summed E-state index contributed by atoms with van der Waals surface area (Å²) in [6.45, 7) is 50.4. The molecule has 0 radical (unpaired) electrons. The summed E-state index contributed by atoms with van der Waals surface area (Å²) < 4.78 is 48.7. The average Bonchev–Trinajstić information content (AvgIpc) is 1.63. The van der Waals surface area contributed by atoms with E-state index < -0.39 is 106 Å². The van der Waals surface area contributed by atoms with Crippen molar-refractivity contribution >= 4 is 65.5 Å². The maximum absolute atomic E-state index is 14.2. The van der Waals surface area contributed by atoms with Gasteiger partial charge in [0.1, 0.15) is 94.8 Å². The Bertz CT molecular complexity index is 3760. The van der Waals surface area contributed by atoms with Crippen molar-refractivity contribution in [3.63, 3.8) is 0 Å². The van der Waals surface area contributed by atoms with Crippen molar-refractivity contribution in [1.29, 1.82) is 0 Å². The molecule has 0 spiro atoms. The van der Waals surface area contributed by atoms with E-state index in [1.165, 1.54) is 0 Å². The minimum absolute atomic E-state index is 0.00606. The molecule has 1 aromatic carbocycles. The maximum atomic E-state index is 14.2. The molecule has 2 aromatic heterocycles. The van der Waals surface area contributed by atoms with E-state index in [-0.39, 0.29) is 94.2 Å². The van der Waals surface area contributed by atoms with Crippen LogP contribution in [-0.4, -0.2) is 282 Å². The fourth-order valence-corrected chi connectivity index (χ4v) is 12.8. The summed E-state index contributed by atoms with van der Waals surface area (Å²) in [5.74, 6) is -3.73. The zero-order valence-corrected chi connectivity index (χ0v) is 78.0. The van der Waals surface area contributed by atoms with E-state index in [2.05, 4.69) is 76.9 Å². The average molecular weight is 1720 g/mol. The van der Waals surface area contributed by atoms with Gasteiger partial charge in [-0.3, -0.25) is 62.6 Å². The Morgan fingerprint density at radius 1 is 0.459 bits per heavy atom. The van der Waals surface area contributed by atoms with Gasteiger partial charge in [0, 0.05) is 110 Å². The molecule has 3 aromatic rings. The third-order valence-electron chi connectivity index (χ3n) is 17.7. The van der Waals surface area contributed by atoms with Crippen LogP contribution in [0.5, 0.6) is 5.75 Å². The predicted octanol–water partition coefficient (Wildman–Crippen LogP) is 8.71. The minimum Gasteiger partial charge on any atom is -0.487 e. The van der Waals surface area contributed by atoms with E-state index in [1.807, 2.05) is 76.9 Å². The van der Waals surface area contributed by atoms with Gasteiger partial charge >= 0.3 is 47.8 Å². The summed E-state index contributed by atoms with van der Waals surface area (Å²) >= 11 is 0. The van der Waals surface area contributed by atoms with Gasteiger partial charge in [-0.15, -0.1) is 5.10 Å². The van der Waals surface area contributed by atoms with E-state index in [0.717, 1.165) is 17.0 Å². The number of esters is 7. The van der Waals surface area contributed by atoms with Gasteiger partial charge in [-0.05, 0) is 220 Å². The number of ether oxygens (including phenoxy) is 8. The smallest absolute Gasteiger partial charge is 0.329 e. The number of benzene rings is 1. The molecule has 1 aliphatic rings. The third kappa shape index (κ3) is 49.4. The van der Waals surface area contributed by atoms with Crippen molar-refractivity contribution in [2.24, 2.45) is 5.41 Å². The molecule has 3 heterocycles. The predicted molar refractivity (Wildman–Crippen MR) is 461 cm³/mol.